The van der Waals surface area contributed by atoms with E-state index in [1.54, 1.807) is 4.90 Å². The van der Waals surface area contributed by atoms with Gasteiger partial charge in [0, 0.05) is 13.1 Å². The van der Waals surface area contributed by atoms with E-state index in [-0.39, 0.29) is 22.7 Å². The third-order valence-electron chi connectivity index (χ3n) is 3.83. The molecule has 1 saturated heterocycles. The molecule has 0 bridgehead atoms. The molecule has 1 aromatic carbocycles. The fourth-order valence-corrected chi connectivity index (χ4v) is 2.98. The number of imidazole rings is 1. The molecule has 0 saturated carbocycles. The van der Waals surface area contributed by atoms with Crippen molar-refractivity contribution in [2.45, 2.75) is 25.8 Å². The van der Waals surface area contributed by atoms with Crippen molar-refractivity contribution >= 4 is 29.2 Å². The summed E-state index contributed by atoms with van der Waals surface area (Å²) in [7, 11) is 0. The highest BCUT2D eigenvalue weighted by atomic mass is 32.1. The Morgan fingerprint density at radius 1 is 1.24 bits per heavy atom. The van der Waals surface area contributed by atoms with E-state index in [1.807, 2.05) is 0 Å². The van der Waals surface area contributed by atoms with Crippen LogP contribution in [0.1, 0.15) is 19.3 Å². The molecule has 1 amide bonds. The number of hydrogen-bond acceptors (Lipinski definition) is 2. The Bertz CT molecular complexity index is 746. The molecule has 7 heteroatoms. The van der Waals surface area contributed by atoms with Crippen LogP contribution in [0.2, 0.25) is 0 Å². The van der Waals surface area contributed by atoms with Gasteiger partial charge >= 0.3 is 0 Å². The van der Waals surface area contributed by atoms with Crippen molar-refractivity contribution < 1.29 is 13.6 Å². The SMILES string of the molecule is O=C(Cn1c(=S)[nH]c2ccc(F)c(F)c21)N1CCCCC1. The summed E-state index contributed by atoms with van der Waals surface area (Å²) in [6, 6.07) is 2.46. The van der Waals surface area contributed by atoms with Gasteiger partial charge in [-0.3, -0.25) is 4.79 Å². The second-order valence-electron chi connectivity index (χ2n) is 5.22. The summed E-state index contributed by atoms with van der Waals surface area (Å²) in [5.74, 6) is -2.04. The highest BCUT2D eigenvalue weighted by Gasteiger charge is 2.20. The summed E-state index contributed by atoms with van der Waals surface area (Å²) in [5, 5.41) is 0. The number of hydrogen-bond donors (Lipinski definition) is 1. The van der Waals surface area contributed by atoms with Crippen molar-refractivity contribution in [2.75, 3.05) is 13.1 Å². The molecular weight excluding hydrogens is 296 g/mol. The maximum absolute atomic E-state index is 14.0. The maximum atomic E-state index is 14.0. The van der Waals surface area contributed by atoms with E-state index < -0.39 is 11.6 Å². The molecule has 0 radical (unpaired) electrons. The highest BCUT2D eigenvalue weighted by molar-refractivity contribution is 7.71. The van der Waals surface area contributed by atoms with Gasteiger partial charge in [-0.2, -0.15) is 0 Å². The number of rotatable bonds is 2. The van der Waals surface area contributed by atoms with Crippen molar-refractivity contribution in [1.82, 2.24) is 14.5 Å². The number of carbonyl (C=O) groups excluding carboxylic acids is 1. The second kappa shape index (κ2) is 5.55. The van der Waals surface area contributed by atoms with Crippen molar-refractivity contribution in [3.05, 3.63) is 28.5 Å². The Labute approximate surface area is 125 Å². The van der Waals surface area contributed by atoms with Gasteiger partial charge < -0.3 is 14.5 Å². The average molecular weight is 311 g/mol. The number of fused-ring (bicyclic) bond motifs is 1. The van der Waals surface area contributed by atoms with Gasteiger partial charge in [0.25, 0.3) is 0 Å². The molecule has 0 spiro atoms. The molecule has 1 aliphatic heterocycles. The van der Waals surface area contributed by atoms with Gasteiger partial charge in [0.05, 0.1) is 5.52 Å². The smallest absolute Gasteiger partial charge is 0.242 e. The number of benzene rings is 1. The molecule has 1 aromatic heterocycles. The van der Waals surface area contributed by atoms with E-state index in [2.05, 4.69) is 4.98 Å². The first-order valence-corrected chi connectivity index (χ1v) is 7.33. The number of nitrogens with one attached hydrogen (secondary N) is 1. The summed E-state index contributed by atoms with van der Waals surface area (Å²) in [5.41, 5.74) is 0.413. The Morgan fingerprint density at radius 2 is 1.95 bits per heavy atom. The van der Waals surface area contributed by atoms with Crippen molar-refractivity contribution in [3.63, 3.8) is 0 Å². The third kappa shape index (κ3) is 2.57. The number of likely N-dealkylation sites (tertiary alicyclic amines) is 1. The molecule has 112 valence electrons. The van der Waals surface area contributed by atoms with E-state index >= 15 is 0 Å². The van der Waals surface area contributed by atoms with Gasteiger partial charge in [-0.05, 0) is 43.6 Å². The van der Waals surface area contributed by atoms with E-state index in [9.17, 15) is 13.6 Å². The molecule has 4 nitrogen and oxygen atoms in total. The van der Waals surface area contributed by atoms with Crippen LogP contribution in [0.25, 0.3) is 11.0 Å². The number of aromatic nitrogens is 2. The predicted molar refractivity (Wildman–Crippen MR) is 77.5 cm³/mol. The number of carbonyl (C=O) groups is 1. The standard InChI is InChI=1S/C14H15F2N3OS/c15-9-4-5-10-13(12(9)16)19(14(21)17-10)8-11(20)18-6-2-1-3-7-18/h4-5H,1-3,6-8H2,(H,17,21). The topological polar surface area (TPSA) is 41.0 Å². The van der Waals surface area contributed by atoms with Crippen LogP contribution in [0.4, 0.5) is 8.78 Å². The van der Waals surface area contributed by atoms with Crippen LogP contribution in [0, 0.1) is 16.4 Å². The number of piperidine rings is 1. The zero-order valence-electron chi connectivity index (χ0n) is 11.4. The molecule has 0 atom stereocenters. The fourth-order valence-electron chi connectivity index (χ4n) is 2.72. The van der Waals surface area contributed by atoms with E-state index in [0.29, 0.717) is 18.6 Å². The molecule has 2 heterocycles. The van der Waals surface area contributed by atoms with Crippen LogP contribution in [0.15, 0.2) is 12.1 Å². The zero-order valence-corrected chi connectivity index (χ0v) is 12.2. The highest BCUT2D eigenvalue weighted by Crippen LogP contribution is 2.21. The minimum atomic E-state index is -0.980. The lowest BCUT2D eigenvalue weighted by Crippen LogP contribution is -2.37. The molecule has 1 fully saturated rings. The number of aromatic amines is 1. The molecule has 1 aliphatic rings. The molecule has 2 aromatic rings. The normalized spacial score (nSPS) is 15.6. The molecular formula is C14H15F2N3OS. The van der Waals surface area contributed by atoms with Crippen molar-refractivity contribution in [3.8, 4) is 0 Å². The fraction of sp³-hybridized carbons (Fsp3) is 0.429. The summed E-state index contributed by atoms with van der Waals surface area (Å²) < 4.78 is 28.9. The Morgan fingerprint density at radius 3 is 2.67 bits per heavy atom. The molecule has 1 N–H and O–H groups in total. The number of nitrogens with zero attached hydrogens (tertiary/aromatic N) is 2. The maximum Gasteiger partial charge on any atom is 0.242 e. The Kier molecular flexibility index (Phi) is 3.75. The van der Waals surface area contributed by atoms with Crippen LogP contribution in [0.3, 0.4) is 0 Å². The first-order valence-electron chi connectivity index (χ1n) is 6.92. The second-order valence-corrected chi connectivity index (χ2v) is 5.60. The Balaban J connectivity index is 1.96. The minimum absolute atomic E-state index is 0.0189. The minimum Gasteiger partial charge on any atom is -0.341 e. The number of H-pyrrole nitrogens is 1. The lowest BCUT2D eigenvalue weighted by atomic mass is 10.1. The van der Waals surface area contributed by atoms with Crippen LogP contribution >= 0.6 is 12.2 Å². The molecule has 21 heavy (non-hydrogen) atoms. The van der Waals surface area contributed by atoms with Gasteiger partial charge in [-0.25, -0.2) is 8.78 Å². The average Bonchev–Trinajstić information content (AvgIpc) is 2.81. The summed E-state index contributed by atoms with van der Waals surface area (Å²) in [6.07, 6.45) is 3.08. The van der Waals surface area contributed by atoms with Gasteiger partial charge in [-0.1, -0.05) is 0 Å². The lowest BCUT2D eigenvalue weighted by molar-refractivity contribution is -0.132. The van der Waals surface area contributed by atoms with E-state index in [1.165, 1.54) is 10.6 Å². The van der Waals surface area contributed by atoms with E-state index in [4.69, 9.17) is 12.2 Å². The molecule has 0 unspecified atom stereocenters. The number of halogens is 2. The van der Waals surface area contributed by atoms with Gasteiger partial charge in [-0.15, -0.1) is 0 Å². The van der Waals surface area contributed by atoms with Crippen LogP contribution in [-0.4, -0.2) is 33.4 Å². The molecule has 3 rings (SSSR count). The summed E-state index contributed by atoms with van der Waals surface area (Å²) in [4.78, 5) is 16.8. The van der Waals surface area contributed by atoms with Gasteiger partial charge in [0.1, 0.15) is 12.1 Å². The van der Waals surface area contributed by atoms with Crippen molar-refractivity contribution in [1.29, 1.82) is 0 Å². The predicted octanol–water partition coefficient (Wildman–Crippen LogP) is 2.99. The van der Waals surface area contributed by atoms with Crippen molar-refractivity contribution in [2.24, 2.45) is 0 Å². The van der Waals surface area contributed by atoms with Crippen LogP contribution in [-0.2, 0) is 11.3 Å². The lowest BCUT2D eigenvalue weighted by Gasteiger charge is -2.26. The third-order valence-corrected chi connectivity index (χ3v) is 4.15. The van der Waals surface area contributed by atoms with Crippen LogP contribution in [0.5, 0.6) is 0 Å². The molecule has 0 aliphatic carbocycles. The van der Waals surface area contributed by atoms with Gasteiger partial charge in [0.15, 0.2) is 16.4 Å². The Hall–Kier alpha value is -1.76. The summed E-state index contributed by atoms with van der Waals surface area (Å²) >= 11 is 5.12. The zero-order chi connectivity index (χ0) is 15.0. The van der Waals surface area contributed by atoms with E-state index in [0.717, 1.165) is 25.3 Å². The number of amides is 1. The first-order chi connectivity index (χ1) is 10.1. The largest absolute Gasteiger partial charge is 0.341 e. The van der Waals surface area contributed by atoms with Crippen LogP contribution < -0.4 is 0 Å². The quantitative estimate of drug-likeness (QED) is 0.866. The first kappa shape index (κ1) is 14.2. The summed E-state index contributed by atoms with van der Waals surface area (Å²) in [6.45, 7) is 1.36. The monoisotopic (exact) mass is 311 g/mol. The van der Waals surface area contributed by atoms with Gasteiger partial charge in [0.2, 0.25) is 5.91 Å².